The van der Waals surface area contributed by atoms with Gasteiger partial charge in [-0.15, -0.1) is 0 Å². The summed E-state index contributed by atoms with van der Waals surface area (Å²) in [5.74, 6) is 0.561. The third-order valence-electron chi connectivity index (χ3n) is 7.17. The van der Waals surface area contributed by atoms with Crippen molar-refractivity contribution in [2.24, 2.45) is 5.16 Å². The fourth-order valence-electron chi connectivity index (χ4n) is 5.12. The van der Waals surface area contributed by atoms with Crippen LogP contribution in [0.5, 0.6) is 11.5 Å². The second-order valence-corrected chi connectivity index (χ2v) is 9.92. The van der Waals surface area contributed by atoms with Crippen molar-refractivity contribution in [3.63, 3.8) is 0 Å². The Balaban J connectivity index is 1.18. The normalized spacial score (nSPS) is 13.4. The number of rotatable bonds is 13. The van der Waals surface area contributed by atoms with Gasteiger partial charge in [0.05, 0.1) is 26.0 Å². The van der Waals surface area contributed by atoms with Gasteiger partial charge >= 0.3 is 5.97 Å². The Morgan fingerprint density at radius 3 is 2.47 bits per heavy atom. The molecule has 0 bridgehead atoms. The topological polar surface area (TPSA) is 99.8 Å². The number of hydrogen-bond donors (Lipinski definition) is 0. The molecule has 1 amide bonds. The maximum absolute atomic E-state index is 13.8. The number of benzene rings is 3. The Bertz CT molecular complexity index is 1650. The summed E-state index contributed by atoms with van der Waals surface area (Å²) in [6.07, 6.45) is 3.33. The van der Waals surface area contributed by atoms with Crippen molar-refractivity contribution < 1.29 is 37.4 Å². The Morgan fingerprint density at radius 1 is 0.953 bits per heavy atom. The zero-order valence-electron chi connectivity index (χ0n) is 24.4. The van der Waals surface area contributed by atoms with Crippen molar-refractivity contribution in [1.29, 1.82) is 0 Å². The molecule has 5 rings (SSSR count). The molecule has 0 atom stereocenters. The lowest BCUT2D eigenvalue weighted by Gasteiger charge is -2.16. The molecular weight excluding hydrogens is 555 g/mol. The van der Waals surface area contributed by atoms with Crippen LogP contribution in [0.2, 0.25) is 0 Å². The first kappa shape index (κ1) is 29.6. The van der Waals surface area contributed by atoms with Gasteiger partial charge in [-0.2, -0.15) is 0 Å². The molecule has 2 heterocycles. The smallest absolute Gasteiger partial charge is 0.342 e. The van der Waals surface area contributed by atoms with Crippen LogP contribution in [0.25, 0.3) is 22.3 Å². The maximum atomic E-state index is 13.8. The molecule has 1 aliphatic rings. The van der Waals surface area contributed by atoms with E-state index in [1.807, 2.05) is 30.3 Å². The first-order valence-corrected chi connectivity index (χ1v) is 14.2. The predicted octanol–water partition coefficient (Wildman–Crippen LogP) is 6.76. The number of carbonyl (C=O) groups excluding carboxylic acids is 2. The van der Waals surface area contributed by atoms with E-state index in [0.717, 1.165) is 31.2 Å². The fourth-order valence-corrected chi connectivity index (χ4v) is 5.12. The van der Waals surface area contributed by atoms with Crippen molar-refractivity contribution in [2.45, 2.75) is 32.6 Å². The monoisotopic (exact) mass is 588 g/mol. The minimum Gasteiger partial charge on any atom is -0.497 e. The lowest BCUT2D eigenvalue weighted by Crippen LogP contribution is -2.31. The quantitative estimate of drug-likeness (QED) is 0.0966. The van der Waals surface area contributed by atoms with Crippen LogP contribution < -0.4 is 14.4 Å². The van der Waals surface area contributed by atoms with E-state index in [4.69, 9.17) is 23.5 Å². The van der Waals surface area contributed by atoms with Crippen molar-refractivity contribution in [1.82, 2.24) is 0 Å². The minimum atomic E-state index is -0.464. The lowest BCUT2D eigenvalue weighted by atomic mass is 10.1. The van der Waals surface area contributed by atoms with Crippen LogP contribution in [0, 0.1) is 5.82 Å². The first-order chi connectivity index (χ1) is 20.9. The molecule has 0 saturated carbocycles. The van der Waals surface area contributed by atoms with Gasteiger partial charge < -0.3 is 28.4 Å². The first-order valence-electron chi connectivity index (χ1n) is 14.2. The molecule has 10 heteroatoms. The van der Waals surface area contributed by atoms with Gasteiger partial charge in [0.1, 0.15) is 41.3 Å². The highest BCUT2D eigenvalue weighted by atomic mass is 19.1. The molecule has 4 aromatic rings. The predicted molar refractivity (Wildman–Crippen MR) is 160 cm³/mol. The van der Waals surface area contributed by atoms with Gasteiger partial charge in [-0.05, 0) is 80.4 Å². The van der Waals surface area contributed by atoms with Crippen LogP contribution in [-0.2, 0) is 14.4 Å². The van der Waals surface area contributed by atoms with E-state index in [-0.39, 0.29) is 18.2 Å². The number of amides is 1. The number of unbranched alkanes of at least 4 members (excludes halogenated alkanes) is 3. The zero-order valence-corrected chi connectivity index (χ0v) is 24.4. The Morgan fingerprint density at radius 2 is 1.72 bits per heavy atom. The molecule has 0 fully saturated rings. The molecule has 0 unspecified atom stereocenters. The number of anilines is 1. The van der Waals surface area contributed by atoms with E-state index in [1.165, 1.54) is 19.2 Å². The van der Waals surface area contributed by atoms with Gasteiger partial charge in [-0.1, -0.05) is 18.0 Å². The van der Waals surface area contributed by atoms with Gasteiger partial charge in [0.25, 0.3) is 5.91 Å². The molecule has 43 heavy (non-hydrogen) atoms. The number of fused-ring (bicyclic) bond motifs is 2. The summed E-state index contributed by atoms with van der Waals surface area (Å²) in [6, 6.07) is 16.9. The molecule has 0 radical (unpaired) electrons. The summed E-state index contributed by atoms with van der Waals surface area (Å²) < 4.78 is 36.5. The highest BCUT2D eigenvalue weighted by Crippen LogP contribution is 2.37. The largest absolute Gasteiger partial charge is 0.497 e. The molecule has 0 aliphatic carbocycles. The summed E-state index contributed by atoms with van der Waals surface area (Å²) in [4.78, 5) is 32.2. The molecule has 1 aliphatic heterocycles. The zero-order chi connectivity index (χ0) is 30.3. The third-order valence-corrected chi connectivity index (χ3v) is 7.17. The SMILES string of the molecule is CCOC(=O)c1c(-c2ccc(OC)cc2)oc2ccc(OCCCCCCN3C(=O)/C(=N/OC)c4cc(F)ccc43)cc12. The lowest BCUT2D eigenvalue weighted by molar-refractivity contribution is -0.112. The number of esters is 1. The van der Waals surface area contributed by atoms with E-state index in [0.29, 0.717) is 58.2 Å². The number of ether oxygens (including phenoxy) is 3. The number of methoxy groups -OCH3 is 1. The molecule has 0 spiro atoms. The van der Waals surface area contributed by atoms with Crippen LogP contribution in [0.15, 0.2) is 70.2 Å². The Kier molecular flexibility index (Phi) is 9.24. The summed E-state index contributed by atoms with van der Waals surface area (Å²) in [5.41, 5.74) is 2.83. The van der Waals surface area contributed by atoms with Crippen molar-refractivity contribution in [3.05, 3.63) is 77.6 Å². The summed E-state index contributed by atoms with van der Waals surface area (Å²) in [5, 5.41) is 4.43. The number of furan rings is 1. The van der Waals surface area contributed by atoms with Crippen LogP contribution in [-0.4, -0.2) is 51.6 Å². The van der Waals surface area contributed by atoms with Crippen LogP contribution in [0.1, 0.15) is 48.5 Å². The third kappa shape index (κ3) is 6.33. The summed E-state index contributed by atoms with van der Waals surface area (Å²) in [7, 11) is 2.95. The molecule has 1 aromatic heterocycles. The van der Waals surface area contributed by atoms with E-state index in [1.54, 1.807) is 37.1 Å². The van der Waals surface area contributed by atoms with E-state index >= 15 is 0 Å². The second-order valence-electron chi connectivity index (χ2n) is 9.92. The van der Waals surface area contributed by atoms with Gasteiger partial charge in [-0.3, -0.25) is 4.79 Å². The highest BCUT2D eigenvalue weighted by molar-refractivity contribution is 6.54. The number of carbonyl (C=O) groups is 2. The van der Waals surface area contributed by atoms with Gasteiger partial charge in [0, 0.05) is 23.1 Å². The van der Waals surface area contributed by atoms with Gasteiger partial charge in [0.15, 0.2) is 5.71 Å². The van der Waals surface area contributed by atoms with Crippen LogP contribution in [0.3, 0.4) is 0 Å². The van der Waals surface area contributed by atoms with Crippen molar-refractivity contribution >= 4 is 34.2 Å². The molecule has 9 nitrogen and oxygen atoms in total. The Labute approximate surface area is 248 Å². The average Bonchev–Trinajstić information content (AvgIpc) is 3.51. The molecule has 224 valence electrons. The number of nitrogens with zero attached hydrogens (tertiary/aromatic N) is 2. The summed E-state index contributed by atoms with van der Waals surface area (Å²) >= 11 is 0. The standard InChI is InChI=1S/C33H33FN2O7/c1-4-41-33(38)29-26-20-24(14-16-28(26)43-31(29)21-9-12-23(39-2)13-10-21)42-18-8-6-5-7-17-36-27-15-11-22(34)19-25(27)30(32(36)37)35-40-3/h9-16,19-20H,4-8,17-18H2,1-3H3/b35-30+. The van der Waals surface area contributed by atoms with Gasteiger partial charge in [-0.25, -0.2) is 9.18 Å². The van der Waals surface area contributed by atoms with Crippen LogP contribution >= 0.6 is 0 Å². The van der Waals surface area contributed by atoms with Crippen molar-refractivity contribution in [2.75, 3.05) is 38.9 Å². The molecule has 0 saturated heterocycles. The van der Waals surface area contributed by atoms with Gasteiger partial charge in [0.2, 0.25) is 0 Å². The highest BCUT2D eigenvalue weighted by Gasteiger charge is 2.34. The maximum Gasteiger partial charge on any atom is 0.342 e. The average molecular weight is 589 g/mol. The van der Waals surface area contributed by atoms with E-state index < -0.39 is 11.8 Å². The number of hydrogen-bond acceptors (Lipinski definition) is 8. The minimum absolute atomic E-state index is 0.113. The molecule has 0 N–H and O–H groups in total. The molecular formula is C33H33FN2O7. The Hall–Kier alpha value is -4.86. The fraction of sp³-hybridized carbons (Fsp3) is 0.303. The summed E-state index contributed by atoms with van der Waals surface area (Å²) in [6.45, 7) is 2.98. The molecule has 3 aromatic carbocycles. The number of oxime groups is 1. The van der Waals surface area contributed by atoms with E-state index in [2.05, 4.69) is 5.16 Å². The van der Waals surface area contributed by atoms with Crippen molar-refractivity contribution in [3.8, 4) is 22.8 Å². The van der Waals surface area contributed by atoms with E-state index in [9.17, 15) is 14.0 Å². The van der Waals surface area contributed by atoms with Crippen LogP contribution in [0.4, 0.5) is 10.1 Å². The second kappa shape index (κ2) is 13.4. The number of halogens is 1.